The van der Waals surface area contributed by atoms with Crippen LogP contribution in [0.1, 0.15) is 6.92 Å². The van der Waals surface area contributed by atoms with Crippen LogP contribution in [0.4, 0.5) is 4.39 Å². The van der Waals surface area contributed by atoms with E-state index in [2.05, 4.69) is 4.74 Å². The van der Waals surface area contributed by atoms with Gasteiger partial charge in [-0.15, -0.1) is 0 Å². The van der Waals surface area contributed by atoms with E-state index in [-0.39, 0.29) is 18.4 Å². The van der Waals surface area contributed by atoms with E-state index >= 15 is 0 Å². The molecule has 4 heteroatoms. The molecule has 68 valence electrons. The molecule has 12 heavy (non-hydrogen) atoms. The molecule has 1 aliphatic carbocycles. The maximum absolute atomic E-state index is 13.6. The van der Waals surface area contributed by atoms with Crippen LogP contribution in [0, 0.1) is 11.8 Å². The zero-order valence-corrected chi connectivity index (χ0v) is 6.88. The van der Waals surface area contributed by atoms with Crippen LogP contribution in [0.2, 0.25) is 0 Å². The highest BCUT2D eigenvalue weighted by Gasteiger charge is 2.74. The standard InChI is InChI=1S/C8H11FO3/c1-2-12-7(10)8(9)5-3-11-4-6(5)8/h5-6H,2-4H2,1H3. The molecule has 1 saturated heterocycles. The number of carbonyl (C=O) groups excluding carboxylic acids is 1. The quantitative estimate of drug-likeness (QED) is 0.573. The molecule has 0 amide bonds. The van der Waals surface area contributed by atoms with Crippen molar-refractivity contribution in [3.8, 4) is 0 Å². The van der Waals surface area contributed by atoms with E-state index in [1.54, 1.807) is 6.92 Å². The molecule has 0 aromatic heterocycles. The molecule has 0 N–H and O–H groups in total. The van der Waals surface area contributed by atoms with Gasteiger partial charge in [0, 0.05) is 11.8 Å². The van der Waals surface area contributed by atoms with Gasteiger partial charge in [-0.3, -0.25) is 0 Å². The molecule has 0 aromatic carbocycles. The Morgan fingerprint density at radius 2 is 2.25 bits per heavy atom. The Labute approximate surface area is 69.8 Å². The van der Waals surface area contributed by atoms with Crippen LogP contribution in [0.15, 0.2) is 0 Å². The summed E-state index contributed by atoms with van der Waals surface area (Å²) in [5, 5.41) is 0. The van der Waals surface area contributed by atoms with Crippen molar-refractivity contribution in [2.24, 2.45) is 11.8 Å². The van der Waals surface area contributed by atoms with E-state index in [4.69, 9.17) is 4.74 Å². The third-order valence-electron chi connectivity index (χ3n) is 2.64. The molecule has 1 aliphatic heterocycles. The molecule has 0 aromatic rings. The van der Waals surface area contributed by atoms with Gasteiger partial charge in [-0.25, -0.2) is 9.18 Å². The SMILES string of the molecule is CCOC(=O)C1(F)C2COCC21. The number of halogens is 1. The minimum absolute atomic E-state index is 0.239. The highest BCUT2D eigenvalue weighted by atomic mass is 19.1. The van der Waals surface area contributed by atoms with Crippen molar-refractivity contribution in [2.75, 3.05) is 19.8 Å². The summed E-state index contributed by atoms with van der Waals surface area (Å²) in [6, 6.07) is 0. The Morgan fingerprint density at radius 3 is 2.75 bits per heavy atom. The second kappa shape index (κ2) is 2.42. The first-order chi connectivity index (χ1) is 5.71. The molecule has 0 bridgehead atoms. The lowest BCUT2D eigenvalue weighted by Gasteiger charge is -2.09. The van der Waals surface area contributed by atoms with Gasteiger partial charge in [0.05, 0.1) is 19.8 Å². The molecule has 2 fully saturated rings. The monoisotopic (exact) mass is 174 g/mol. The van der Waals surface area contributed by atoms with Gasteiger partial charge in [0.1, 0.15) is 0 Å². The third kappa shape index (κ3) is 0.813. The van der Waals surface area contributed by atoms with Gasteiger partial charge in [0.15, 0.2) is 0 Å². The summed E-state index contributed by atoms with van der Waals surface area (Å²) in [5.41, 5.74) is -1.71. The summed E-state index contributed by atoms with van der Waals surface area (Å²) in [6.45, 7) is 2.64. The first-order valence-corrected chi connectivity index (χ1v) is 4.15. The van der Waals surface area contributed by atoms with E-state index in [0.29, 0.717) is 13.2 Å². The van der Waals surface area contributed by atoms with Gasteiger partial charge in [0.25, 0.3) is 0 Å². The fourth-order valence-electron chi connectivity index (χ4n) is 1.84. The topological polar surface area (TPSA) is 35.5 Å². The number of hydrogen-bond donors (Lipinski definition) is 0. The van der Waals surface area contributed by atoms with Crippen LogP contribution < -0.4 is 0 Å². The van der Waals surface area contributed by atoms with E-state index in [9.17, 15) is 9.18 Å². The minimum Gasteiger partial charge on any atom is -0.464 e. The molecule has 2 unspecified atom stereocenters. The molecule has 2 aliphatic rings. The lowest BCUT2D eigenvalue weighted by Crippen LogP contribution is -2.28. The van der Waals surface area contributed by atoms with Gasteiger partial charge >= 0.3 is 5.97 Å². The Bertz CT molecular complexity index is 206. The van der Waals surface area contributed by atoms with Gasteiger partial charge < -0.3 is 9.47 Å². The summed E-state index contributed by atoms with van der Waals surface area (Å²) in [6.07, 6.45) is 0. The second-order valence-electron chi connectivity index (χ2n) is 3.24. The van der Waals surface area contributed by atoms with Crippen molar-refractivity contribution < 1.29 is 18.7 Å². The number of hydrogen-bond acceptors (Lipinski definition) is 3. The Kier molecular flexibility index (Phi) is 1.61. The van der Waals surface area contributed by atoms with Crippen LogP contribution >= 0.6 is 0 Å². The molecule has 2 rings (SSSR count). The van der Waals surface area contributed by atoms with Crippen LogP contribution in [0.3, 0.4) is 0 Å². The zero-order chi connectivity index (χ0) is 8.77. The molecule has 0 spiro atoms. The predicted octanol–water partition coefficient (Wildman–Crippen LogP) is 0.534. The first kappa shape index (κ1) is 7.98. The van der Waals surface area contributed by atoms with Gasteiger partial charge in [-0.2, -0.15) is 0 Å². The number of carbonyl (C=O) groups is 1. The number of esters is 1. The van der Waals surface area contributed by atoms with Crippen molar-refractivity contribution >= 4 is 5.97 Å². The van der Waals surface area contributed by atoms with E-state index in [1.165, 1.54) is 0 Å². The molecule has 1 saturated carbocycles. The normalized spacial score (nSPS) is 43.8. The number of alkyl halides is 1. The fraction of sp³-hybridized carbons (Fsp3) is 0.875. The average molecular weight is 174 g/mol. The van der Waals surface area contributed by atoms with E-state index < -0.39 is 11.6 Å². The number of fused-ring (bicyclic) bond motifs is 1. The van der Waals surface area contributed by atoms with Crippen LogP contribution in [0.5, 0.6) is 0 Å². The first-order valence-electron chi connectivity index (χ1n) is 4.15. The van der Waals surface area contributed by atoms with Crippen LogP contribution in [0.25, 0.3) is 0 Å². The molecule has 0 radical (unpaired) electrons. The summed E-state index contributed by atoms with van der Waals surface area (Å²) >= 11 is 0. The maximum atomic E-state index is 13.6. The highest BCUT2D eigenvalue weighted by molar-refractivity contribution is 5.84. The minimum atomic E-state index is -1.71. The molecule has 1 heterocycles. The second-order valence-corrected chi connectivity index (χ2v) is 3.24. The number of ether oxygens (including phenoxy) is 2. The van der Waals surface area contributed by atoms with Crippen LogP contribution in [-0.2, 0) is 14.3 Å². The molecule has 3 nitrogen and oxygen atoms in total. The molecule has 2 atom stereocenters. The molecular weight excluding hydrogens is 163 g/mol. The van der Waals surface area contributed by atoms with Crippen molar-refractivity contribution in [3.63, 3.8) is 0 Å². The zero-order valence-electron chi connectivity index (χ0n) is 6.88. The van der Waals surface area contributed by atoms with Gasteiger partial charge in [-0.05, 0) is 6.92 Å². The Balaban J connectivity index is 2.01. The average Bonchev–Trinajstić information content (AvgIpc) is 2.52. The van der Waals surface area contributed by atoms with Crippen molar-refractivity contribution in [2.45, 2.75) is 12.6 Å². The molecular formula is C8H11FO3. The van der Waals surface area contributed by atoms with Crippen molar-refractivity contribution in [3.05, 3.63) is 0 Å². The van der Waals surface area contributed by atoms with Gasteiger partial charge in [0.2, 0.25) is 5.67 Å². The van der Waals surface area contributed by atoms with Gasteiger partial charge in [-0.1, -0.05) is 0 Å². The summed E-state index contributed by atoms with van der Waals surface area (Å²) < 4.78 is 23.3. The van der Waals surface area contributed by atoms with Crippen LogP contribution in [-0.4, -0.2) is 31.5 Å². The number of rotatable bonds is 2. The summed E-state index contributed by atoms with van der Waals surface area (Å²) in [7, 11) is 0. The Morgan fingerprint density at radius 1 is 1.67 bits per heavy atom. The predicted molar refractivity (Wildman–Crippen MR) is 38.3 cm³/mol. The largest absolute Gasteiger partial charge is 0.464 e. The highest BCUT2D eigenvalue weighted by Crippen LogP contribution is 2.58. The summed E-state index contributed by atoms with van der Waals surface area (Å²) in [5.74, 6) is -1.18. The third-order valence-corrected chi connectivity index (χ3v) is 2.64. The lowest BCUT2D eigenvalue weighted by molar-refractivity contribution is -0.153. The van der Waals surface area contributed by atoms with E-state index in [1.807, 2.05) is 0 Å². The van der Waals surface area contributed by atoms with E-state index in [0.717, 1.165) is 0 Å². The Hall–Kier alpha value is -0.640. The fourth-order valence-corrected chi connectivity index (χ4v) is 1.84. The van der Waals surface area contributed by atoms with Crippen molar-refractivity contribution in [1.29, 1.82) is 0 Å². The summed E-state index contributed by atoms with van der Waals surface area (Å²) in [4.78, 5) is 11.1. The smallest absolute Gasteiger partial charge is 0.344 e. The van der Waals surface area contributed by atoms with Crippen molar-refractivity contribution in [1.82, 2.24) is 0 Å². The maximum Gasteiger partial charge on any atom is 0.344 e. The lowest BCUT2D eigenvalue weighted by atomic mass is 10.2.